The predicted octanol–water partition coefficient (Wildman–Crippen LogP) is 4.68. The van der Waals surface area contributed by atoms with E-state index < -0.39 is 18.0 Å². The highest BCUT2D eigenvalue weighted by Gasteiger charge is 2.26. The number of esters is 1. The van der Waals surface area contributed by atoms with Crippen molar-refractivity contribution in [3.8, 4) is 0 Å². The van der Waals surface area contributed by atoms with Gasteiger partial charge in [-0.3, -0.25) is 4.79 Å². The van der Waals surface area contributed by atoms with E-state index in [1.807, 2.05) is 0 Å². The molecule has 1 fully saturated rings. The molecule has 0 bridgehead atoms. The lowest BCUT2D eigenvalue weighted by molar-refractivity contribution is -0.148. The second-order valence-corrected chi connectivity index (χ2v) is 7.28. The van der Waals surface area contributed by atoms with Crippen LogP contribution in [0.3, 0.4) is 0 Å². The van der Waals surface area contributed by atoms with Gasteiger partial charge in [-0.15, -0.1) is 0 Å². The van der Waals surface area contributed by atoms with E-state index in [-0.39, 0.29) is 0 Å². The van der Waals surface area contributed by atoms with E-state index in [1.54, 1.807) is 30.3 Å². The topological polar surface area (TPSA) is 60.3 Å². The molecule has 1 heterocycles. The number of aryl methyl sites for hydroxylation is 1. The van der Waals surface area contributed by atoms with Crippen molar-refractivity contribution >= 4 is 35.2 Å². The molecule has 27 heavy (non-hydrogen) atoms. The normalized spacial score (nSPS) is 15.0. The van der Waals surface area contributed by atoms with Gasteiger partial charge in [0.25, 0.3) is 5.91 Å². The summed E-state index contributed by atoms with van der Waals surface area (Å²) in [4.78, 5) is 24.2. The van der Waals surface area contributed by atoms with Crippen LogP contribution in [0.4, 0.5) is 5.69 Å². The first kappa shape index (κ1) is 19.2. The van der Waals surface area contributed by atoms with Crippen molar-refractivity contribution in [1.82, 2.24) is 4.57 Å². The Balaban J connectivity index is 1.57. The summed E-state index contributed by atoms with van der Waals surface area (Å²) in [5, 5.41) is 3.19. The first-order chi connectivity index (χ1) is 12.8. The number of nitrogens with one attached hydrogen (secondary N) is 1. The molecule has 2 aromatic rings. The summed E-state index contributed by atoms with van der Waals surface area (Å²) in [6.07, 6.45) is 4.61. The van der Waals surface area contributed by atoms with Crippen molar-refractivity contribution in [2.24, 2.45) is 0 Å². The van der Waals surface area contributed by atoms with Gasteiger partial charge in [0, 0.05) is 34.2 Å². The minimum absolute atomic E-state index is 0.411. The summed E-state index contributed by atoms with van der Waals surface area (Å²) in [6, 6.07) is 9.44. The fraction of sp³-hybridized carbons (Fsp3) is 0.333. The van der Waals surface area contributed by atoms with Gasteiger partial charge in [0.2, 0.25) is 0 Å². The van der Waals surface area contributed by atoms with Crippen molar-refractivity contribution < 1.29 is 14.3 Å². The number of aromatic nitrogens is 1. The summed E-state index contributed by atoms with van der Waals surface area (Å²) in [7, 11) is 0. The molecule has 1 aliphatic rings. The fourth-order valence-corrected chi connectivity index (χ4v) is 3.29. The molecule has 0 saturated heterocycles. The molecule has 0 aliphatic heterocycles. The van der Waals surface area contributed by atoms with Gasteiger partial charge in [-0.2, -0.15) is 0 Å². The monoisotopic (exact) mass is 386 g/mol. The van der Waals surface area contributed by atoms with Gasteiger partial charge in [-0.25, -0.2) is 4.79 Å². The van der Waals surface area contributed by atoms with Gasteiger partial charge < -0.3 is 14.6 Å². The molecule has 0 radical (unpaired) electrons. The van der Waals surface area contributed by atoms with Gasteiger partial charge >= 0.3 is 5.97 Å². The van der Waals surface area contributed by atoms with Crippen molar-refractivity contribution in [1.29, 1.82) is 0 Å². The summed E-state index contributed by atoms with van der Waals surface area (Å²) >= 11 is 5.89. The number of ether oxygens (including phenoxy) is 1. The molecule has 3 rings (SSSR count). The summed E-state index contributed by atoms with van der Waals surface area (Å²) in [6.45, 7) is 5.66. The van der Waals surface area contributed by atoms with E-state index >= 15 is 0 Å². The number of hydrogen-bond acceptors (Lipinski definition) is 3. The third-order valence-corrected chi connectivity index (χ3v) is 4.82. The third kappa shape index (κ3) is 4.80. The number of halogens is 1. The van der Waals surface area contributed by atoms with Crippen LogP contribution in [0.1, 0.15) is 42.8 Å². The summed E-state index contributed by atoms with van der Waals surface area (Å²) < 4.78 is 7.51. The third-order valence-electron chi connectivity index (χ3n) is 4.59. The molecule has 1 saturated carbocycles. The molecule has 1 aromatic carbocycles. The Bertz CT molecular complexity index is 897. The molecule has 1 amide bonds. The standard InChI is InChI=1S/C21H23ClN2O3/c1-13-11-16(14(2)24(13)19-8-9-19)7-10-20(25)27-15(3)21(26)23-18-6-4-5-17(22)12-18/h4-7,10-12,15,19H,8-9H2,1-3H3,(H,23,26)/b10-7+/t15-/m0/s1. The van der Waals surface area contributed by atoms with Crippen molar-refractivity contribution in [3.05, 3.63) is 58.4 Å². The zero-order valence-corrected chi connectivity index (χ0v) is 16.4. The molecule has 6 heteroatoms. The van der Waals surface area contributed by atoms with E-state index in [4.69, 9.17) is 16.3 Å². The average Bonchev–Trinajstić information content (AvgIpc) is 3.39. The molecule has 142 valence electrons. The van der Waals surface area contributed by atoms with Gasteiger partial charge in [-0.1, -0.05) is 17.7 Å². The van der Waals surface area contributed by atoms with Crippen LogP contribution in [0.15, 0.2) is 36.4 Å². The van der Waals surface area contributed by atoms with Crippen LogP contribution in [-0.2, 0) is 14.3 Å². The number of benzene rings is 1. The van der Waals surface area contributed by atoms with Gasteiger partial charge in [-0.05, 0) is 69.5 Å². The summed E-state index contributed by atoms with van der Waals surface area (Å²) in [5.74, 6) is -0.967. The van der Waals surface area contributed by atoms with Crippen LogP contribution in [0.5, 0.6) is 0 Å². The maximum absolute atomic E-state index is 12.2. The van der Waals surface area contributed by atoms with Crippen LogP contribution in [0.2, 0.25) is 5.02 Å². The van der Waals surface area contributed by atoms with Gasteiger partial charge in [0.1, 0.15) is 0 Å². The maximum Gasteiger partial charge on any atom is 0.331 e. The number of rotatable bonds is 6. The molecular formula is C21H23ClN2O3. The molecule has 0 unspecified atom stereocenters. The highest BCUT2D eigenvalue weighted by molar-refractivity contribution is 6.30. The van der Waals surface area contributed by atoms with Gasteiger partial charge in [0.15, 0.2) is 6.10 Å². The Morgan fingerprint density at radius 2 is 2.04 bits per heavy atom. The lowest BCUT2D eigenvalue weighted by atomic mass is 10.2. The Labute approximate surface area is 164 Å². The lowest BCUT2D eigenvalue weighted by Crippen LogP contribution is -2.29. The number of amides is 1. The number of anilines is 1. The predicted molar refractivity (Wildman–Crippen MR) is 107 cm³/mol. The zero-order valence-electron chi connectivity index (χ0n) is 15.7. The SMILES string of the molecule is Cc1cc(/C=C/C(=O)O[C@@H](C)C(=O)Nc2cccc(Cl)c2)c(C)n1C1CC1. The first-order valence-electron chi connectivity index (χ1n) is 8.98. The smallest absolute Gasteiger partial charge is 0.331 e. The average molecular weight is 387 g/mol. The number of nitrogens with zero attached hydrogens (tertiary/aromatic N) is 1. The number of carbonyl (C=O) groups excluding carboxylic acids is 2. The molecule has 1 aliphatic carbocycles. The minimum atomic E-state index is -0.917. The molecule has 1 N–H and O–H groups in total. The van der Waals surface area contributed by atoms with Gasteiger partial charge in [0.05, 0.1) is 0 Å². The van der Waals surface area contributed by atoms with Crippen LogP contribution >= 0.6 is 11.6 Å². The molecule has 1 aromatic heterocycles. The molecular weight excluding hydrogens is 364 g/mol. The van der Waals surface area contributed by atoms with Crippen LogP contribution < -0.4 is 5.32 Å². The molecule has 0 spiro atoms. The second kappa shape index (κ2) is 8.01. The van der Waals surface area contributed by atoms with E-state index in [2.05, 4.69) is 29.8 Å². The largest absolute Gasteiger partial charge is 0.449 e. The van der Waals surface area contributed by atoms with Crippen molar-refractivity contribution in [2.75, 3.05) is 5.32 Å². The van der Waals surface area contributed by atoms with Crippen LogP contribution in [0, 0.1) is 13.8 Å². The number of hydrogen-bond donors (Lipinski definition) is 1. The Kier molecular flexibility index (Phi) is 5.71. The minimum Gasteiger partial charge on any atom is -0.449 e. The zero-order chi connectivity index (χ0) is 19.6. The van der Waals surface area contributed by atoms with Crippen LogP contribution in [0.25, 0.3) is 6.08 Å². The Hall–Kier alpha value is -2.53. The Morgan fingerprint density at radius 1 is 1.30 bits per heavy atom. The molecule has 1 atom stereocenters. The summed E-state index contributed by atoms with van der Waals surface area (Å²) in [5.41, 5.74) is 3.88. The van der Waals surface area contributed by atoms with E-state index in [1.165, 1.54) is 31.5 Å². The molecule has 5 nitrogen and oxygen atoms in total. The van der Waals surface area contributed by atoms with E-state index in [0.717, 1.165) is 11.3 Å². The maximum atomic E-state index is 12.2. The lowest BCUT2D eigenvalue weighted by Gasteiger charge is -2.12. The van der Waals surface area contributed by atoms with E-state index in [0.29, 0.717) is 16.8 Å². The van der Waals surface area contributed by atoms with Crippen LogP contribution in [-0.4, -0.2) is 22.5 Å². The van der Waals surface area contributed by atoms with Crippen molar-refractivity contribution in [3.63, 3.8) is 0 Å². The van der Waals surface area contributed by atoms with Crippen molar-refractivity contribution in [2.45, 2.75) is 45.8 Å². The first-order valence-corrected chi connectivity index (χ1v) is 9.36. The number of carbonyl (C=O) groups is 2. The Morgan fingerprint density at radius 3 is 2.70 bits per heavy atom. The quantitative estimate of drug-likeness (QED) is 0.579. The highest BCUT2D eigenvalue weighted by Crippen LogP contribution is 2.38. The van der Waals surface area contributed by atoms with E-state index in [9.17, 15) is 9.59 Å². The fourth-order valence-electron chi connectivity index (χ4n) is 3.10. The second-order valence-electron chi connectivity index (χ2n) is 6.84. The highest BCUT2D eigenvalue weighted by atomic mass is 35.5.